The highest BCUT2D eigenvalue weighted by Crippen LogP contribution is 2.28. The molecule has 186 valence electrons. The van der Waals surface area contributed by atoms with E-state index in [4.69, 9.17) is 5.73 Å². The molecule has 0 aliphatic rings. The molecule has 37 heavy (non-hydrogen) atoms. The van der Waals surface area contributed by atoms with Crippen LogP contribution in [0.1, 0.15) is 21.5 Å². The molecule has 2 heterocycles. The lowest BCUT2D eigenvalue weighted by Crippen LogP contribution is -2.15. The molecular weight excluding hydrogens is 500 g/mol. The minimum absolute atomic E-state index is 0.0202. The molecule has 3 aromatic carbocycles. The van der Waals surface area contributed by atoms with Gasteiger partial charge in [-0.1, -0.05) is 42.5 Å². The van der Waals surface area contributed by atoms with Crippen molar-refractivity contribution in [2.75, 3.05) is 10.5 Å². The molecule has 0 bridgehead atoms. The Bertz CT molecular complexity index is 1760. The van der Waals surface area contributed by atoms with Crippen molar-refractivity contribution in [2.45, 2.75) is 11.4 Å². The molecule has 11 heteroatoms. The summed E-state index contributed by atoms with van der Waals surface area (Å²) in [4.78, 5) is 21.2. The molecular formula is C26H19F2N5O3S. The number of nitrogens with zero attached hydrogens (tertiary/aromatic N) is 3. The third kappa shape index (κ3) is 4.76. The number of nitrogens with one attached hydrogen (secondary N) is 1. The topological polar surface area (TPSA) is 120 Å². The van der Waals surface area contributed by atoms with Crippen LogP contribution in [0.15, 0.2) is 90.2 Å². The fraction of sp³-hybridized carbons (Fsp3) is 0.0385. The van der Waals surface area contributed by atoms with Crippen LogP contribution in [0.3, 0.4) is 0 Å². The Hall–Kier alpha value is -4.64. The Balaban J connectivity index is 1.50. The zero-order valence-electron chi connectivity index (χ0n) is 19.1. The van der Waals surface area contributed by atoms with Crippen LogP contribution in [0.4, 0.5) is 20.3 Å². The largest absolute Gasteiger partial charge is 0.383 e. The second-order valence-corrected chi connectivity index (χ2v) is 9.85. The van der Waals surface area contributed by atoms with Crippen molar-refractivity contribution >= 4 is 38.3 Å². The van der Waals surface area contributed by atoms with Crippen LogP contribution in [0.5, 0.6) is 0 Å². The van der Waals surface area contributed by atoms with Crippen molar-refractivity contribution in [3.63, 3.8) is 0 Å². The monoisotopic (exact) mass is 519 g/mol. The summed E-state index contributed by atoms with van der Waals surface area (Å²) in [7, 11) is -4.39. The van der Waals surface area contributed by atoms with Crippen LogP contribution in [-0.4, -0.2) is 28.7 Å². The molecule has 0 unspecified atom stereocenters. The van der Waals surface area contributed by atoms with E-state index in [1.54, 1.807) is 10.8 Å². The fourth-order valence-electron chi connectivity index (χ4n) is 4.00. The van der Waals surface area contributed by atoms with Gasteiger partial charge in [0, 0.05) is 30.1 Å². The molecule has 2 aromatic heterocycles. The van der Waals surface area contributed by atoms with Gasteiger partial charge >= 0.3 is 0 Å². The minimum Gasteiger partial charge on any atom is -0.383 e. The fourth-order valence-corrected chi connectivity index (χ4v) is 5.11. The zero-order chi connectivity index (χ0) is 26.2. The number of hydrogen-bond acceptors (Lipinski definition) is 6. The normalized spacial score (nSPS) is 11.5. The lowest BCUT2D eigenvalue weighted by Gasteiger charge is -2.10. The van der Waals surface area contributed by atoms with Crippen LogP contribution < -0.4 is 10.5 Å². The van der Waals surface area contributed by atoms with Crippen molar-refractivity contribution in [3.05, 3.63) is 114 Å². The third-order valence-corrected chi connectivity index (χ3v) is 7.10. The van der Waals surface area contributed by atoms with E-state index in [1.165, 1.54) is 30.6 Å². The standard InChI is InChI=1S/C26H19F2N5O3S/c27-18-9-10-22(21(28)12-18)37(35,36)32-19-8-4-7-17(11-19)24(34)20-14-33(13-16-5-2-1-3-6-16)26-23(20)25(29)30-15-31-26/h1-12,14-15,32H,13H2,(H2,29,30,31). The molecule has 0 saturated carbocycles. The molecule has 0 amide bonds. The zero-order valence-corrected chi connectivity index (χ0v) is 19.9. The number of carbonyl (C=O) groups is 1. The summed E-state index contributed by atoms with van der Waals surface area (Å²) < 4.78 is 56.7. The van der Waals surface area contributed by atoms with Gasteiger partial charge in [0.15, 0.2) is 5.78 Å². The van der Waals surface area contributed by atoms with E-state index in [2.05, 4.69) is 14.7 Å². The lowest BCUT2D eigenvalue weighted by molar-refractivity contribution is 0.104. The maximum Gasteiger partial charge on any atom is 0.264 e. The van der Waals surface area contributed by atoms with Crippen molar-refractivity contribution in [1.82, 2.24) is 14.5 Å². The van der Waals surface area contributed by atoms with Crippen LogP contribution in [0.2, 0.25) is 0 Å². The van der Waals surface area contributed by atoms with E-state index < -0.39 is 32.3 Å². The van der Waals surface area contributed by atoms with Gasteiger partial charge in [0.1, 0.15) is 34.3 Å². The van der Waals surface area contributed by atoms with Crippen molar-refractivity contribution in [3.8, 4) is 0 Å². The molecule has 0 aliphatic carbocycles. The predicted octanol–water partition coefficient (Wildman–Crippen LogP) is 4.37. The highest BCUT2D eigenvalue weighted by molar-refractivity contribution is 7.92. The Labute approximate surface area is 210 Å². The number of nitrogen functional groups attached to an aromatic ring is 1. The molecule has 0 fully saturated rings. The number of nitrogens with two attached hydrogens (primary N) is 1. The summed E-state index contributed by atoms with van der Waals surface area (Å²) in [6.07, 6.45) is 2.95. The van der Waals surface area contributed by atoms with E-state index in [0.717, 1.165) is 17.7 Å². The molecule has 0 saturated heterocycles. The van der Waals surface area contributed by atoms with E-state index in [9.17, 15) is 22.0 Å². The molecule has 0 radical (unpaired) electrons. The van der Waals surface area contributed by atoms with E-state index in [1.807, 2.05) is 30.3 Å². The maximum absolute atomic E-state index is 14.1. The number of hydrogen-bond donors (Lipinski definition) is 2. The number of fused-ring (bicyclic) bond motifs is 1. The van der Waals surface area contributed by atoms with Crippen LogP contribution >= 0.6 is 0 Å². The molecule has 0 aliphatic heterocycles. The molecule has 0 atom stereocenters. The molecule has 0 spiro atoms. The van der Waals surface area contributed by atoms with Gasteiger partial charge in [-0.2, -0.15) is 0 Å². The van der Waals surface area contributed by atoms with Crippen LogP contribution in [0, 0.1) is 11.6 Å². The maximum atomic E-state index is 14.1. The Morgan fingerprint density at radius 1 is 0.973 bits per heavy atom. The summed E-state index contributed by atoms with van der Waals surface area (Å²) in [6, 6.07) is 17.5. The van der Waals surface area contributed by atoms with Crippen molar-refractivity contribution in [2.24, 2.45) is 0 Å². The Kier molecular flexibility index (Phi) is 6.14. The minimum atomic E-state index is -4.39. The number of rotatable bonds is 7. The van der Waals surface area contributed by atoms with E-state index in [-0.39, 0.29) is 22.6 Å². The summed E-state index contributed by atoms with van der Waals surface area (Å²) >= 11 is 0. The van der Waals surface area contributed by atoms with Gasteiger partial charge in [-0.25, -0.2) is 27.2 Å². The lowest BCUT2D eigenvalue weighted by atomic mass is 10.0. The van der Waals surface area contributed by atoms with E-state index >= 15 is 0 Å². The number of benzene rings is 3. The molecule has 3 N–H and O–H groups in total. The van der Waals surface area contributed by atoms with Crippen LogP contribution in [0.25, 0.3) is 11.0 Å². The summed E-state index contributed by atoms with van der Waals surface area (Å²) in [5.41, 5.74) is 7.99. The van der Waals surface area contributed by atoms with Gasteiger partial charge in [0.25, 0.3) is 10.0 Å². The van der Waals surface area contributed by atoms with E-state index in [0.29, 0.717) is 23.6 Å². The number of carbonyl (C=O) groups excluding carboxylic acids is 1. The second-order valence-electron chi connectivity index (χ2n) is 8.20. The van der Waals surface area contributed by atoms with Gasteiger partial charge in [-0.3, -0.25) is 9.52 Å². The first-order chi connectivity index (χ1) is 17.7. The highest BCUT2D eigenvalue weighted by Gasteiger charge is 2.23. The summed E-state index contributed by atoms with van der Waals surface area (Å²) in [5.74, 6) is -2.45. The first kappa shape index (κ1) is 24.1. The molecule has 5 aromatic rings. The Morgan fingerprint density at radius 2 is 1.76 bits per heavy atom. The number of aromatic nitrogens is 3. The summed E-state index contributed by atoms with van der Waals surface area (Å²) in [6.45, 7) is 0.435. The SMILES string of the molecule is Nc1ncnc2c1c(C(=O)c1cccc(NS(=O)(=O)c3ccc(F)cc3F)c1)cn2Cc1ccccc1. The number of sulfonamides is 1. The average molecular weight is 520 g/mol. The van der Waals surface area contributed by atoms with Gasteiger partial charge in [-0.15, -0.1) is 0 Å². The number of ketones is 1. The van der Waals surface area contributed by atoms with Gasteiger partial charge in [-0.05, 0) is 29.8 Å². The first-order valence-electron chi connectivity index (χ1n) is 11.0. The van der Waals surface area contributed by atoms with Crippen molar-refractivity contribution < 1.29 is 22.0 Å². The smallest absolute Gasteiger partial charge is 0.264 e. The summed E-state index contributed by atoms with van der Waals surface area (Å²) in [5, 5.41) is 0.378. The first-order valence-corrected chi connectivity index (χ1v) is 12.5. The highest BCUT2D eigenvalue weighted by atomic mass is 32.2. The van der Waals surface area contributed by atoms with Gasteiger partial charge < -0.3 is 10.3 Å². The predicted molar refractivity (Wildman–Crippen MR) is 135 cm³/mol. The van der Waals surface area contributed by atoms with Gasteiger partial charge in [0.2, 0.25) is 0 Å². The average Bonchev–Trinajstić information content (AvgIpc) is 3.23. The molecule has 5 rings (SSSR count). The number of anilines is 2. The third-order valence-electron chi connectivity index (χ3n) is 5.68. The number of halogens is 2. The van der Waals surface area contributed by atoms with Crippen LogP contribution in [-0.2, 0) is 16.6 Å². The second kappa shape index (κ2) is 9.43. The molecule has 8 nitrogen and oxygen atoms in total. The Morgan fingerprint density at radius 3 is 2.51 bits per heavy atom. The van der Waals surface area contributed by atoms with Crippen molar-refractivity contribution in [1.29, 1.82) is 0 Å². The van der Waals surface area contributed by atoms with Gasteiger partial charge in [0.05, 0.1) is 10.9 Å². The quantitative estimate of drug-likeness (QED) is 0.308.